The van der Waals surface area contributed by atoms with E-state index in [2.05, 4.69) is 17.1 Å². The minimum atomic E-state index is -4.09. The third kappa shape index (κ3) is 4.03. The number of nitrogens with one attached hydrogen (secondary N) is 1. The van der Waals surface area contributed by atoms with Crippen molar-refractivity contribution < 1.29 is 13.2 Å². The molecule has 6 heteroatoms. The van der Waals surface area contributed by atoms with Crippen LogP contribution in [-0.2, 0) is 0 Å². The van der Waals surface area contributed by atoms with Gasteiger partial charge in [-0.1, -0.05) is 0 Å². The largest absolute Gasteiger partial charge is 0.441 e. The zero-order valence-electron chi connectivity index (χ0n) is 10.0. The van der Waals surface area contributed by atoms with E-state index in [1.165, 1.54) is 12.8 Å². The van der Waals surface area contributed by atoms with Gasteiger partial charge in [-0.2, -0.15) is 13.2 Å². The molecule has 0 spiro atoms. The Balaban J connectivity index is 1.74. The molecular formula is C11H19F3N2S. The maximum absolute atomic E-state index is 12.0. The molecule has 2 aliphatic rings. The van der Waals surface area contributed by atoms with Crippen molar-refractivity contribution in [3.05, 3.63) is 0 Å². The number of alkyl halides is 3. The van der Waals surface area contributed by atoms with E-state index < -0.39 is 5.51 Å². The summed E-state index contributed by atoms with van der Waals surface area (Å²) in [6, 6.07) is 0. The average molecular weight is 268 g/mol. The van der Waals surface area contributed by atoms with Gasteiger partial charge in [0.2, 0.25) is 0 Å². The van der Waals surface area contributed by atoms with E-state index in [0.717, 1.165) is 25.6 Å². The predicted molar refractivity (Wildman–Crippen MR) is 64.1 cm³/mol. The Hall–Kier alpha value is 0.0600. The molecule has 0 aromatic carbocycles. The van der Waals surface area contributed by atoms with Gasteiger partial charge in [-0.15, -0.1) is 0 Å². The molecule has 0 aromatic heterocycles. The smallest absolute Gasteiger partial charge is 0.309 e. The summed E-state index contributed by atoms with van der Waals surface area (Å²) in [7, 11) is 0. The minimum Gasteiger partial charge on any atom is -0.309 e. The first-order valence-corrected chi connectivity index (χ1v) is 7.06. The zero-order valence-corrected chi connectivity index (χ0v) is 10.8. The highest BCUT2D eigenvalue weighted by atomic mass is 32.2. The molecular weight excluding hydrogens is 249 g/mol. The van der Waals surface area contributed by atoms with Crippen molar-refractivity contribution in [2.75, 3.05) is 31.9 Å². The molecule has 1 saturated heterocycles. The van der Waals surface area contributed by atoms with E-state index in [4.69, 9.17) is 0 Å². The van der Waals surface area contributed by atoms with Crippen LogP contribution in [0.1, 0.15) is 19.8 Å². The lowest BCUT2D eigenvalue weighted by Crippen LogP contribution is -2.60. The standard InChI is InChI=1S/C11H19F3N2S/c1-10(9-2-3-9)8-16(5-4-15-10)6-7-17-11(12,13)14/h9,15H,2-8H2,1H3. The van der Waals surface area contributed by atoms with Gasteiger partial charge in [-0.05, 0) is 37.4 Å². The van der Waals surface area contributed by atoms with Gasteiger partial charge in [0.25, 0.3) is 0 Å². The third-order valence-electron chi connectivity index (χ3n) is 3.66. The summed E-state index contributed by atoms with van der Waals surface area (Å²) < 4.78 is 36.1. The van der Waals surface area contributed by atoms with Crippen molar-refractivity contribution in [3.63, 3.8) is 0 Å². The zero-order chi connectivity index (χ0) is 12.5. The molecule has 100 valence electrons. The summed E-state index contributed by atoms with van der Waals surface area (Å²) in [6.07, 6.45) is 2.52. The fourth-order valence-corrected chi connectivity index (χ4v) is 3.16. The molecule has 1 atom stereocenters. The van der Waals surface area contributed by atoms with Gasteiger partial charge < -0.3 is 5.32 Å². The van der Waals surface area contributed by atoms with Gasteiger partial charge in [0.05, 0.1) is 0 Å². The number of halogens is 3. The molecule has 0 bridgehead atoms. The maximum Gasteiger partial charge on any atom is 0.441 e. The van der Waals surface area contributed by atoms with Gasteiger partial charge >= 0.3 is 5.51 Å². The Morgan fingerprint density at radius 3 is 2.71 bits per heavy atom. The highest BCUT2D eigenvalue weighted by molar-refractivity contribution is 8.00. The highest BCUT2D eigenvalue weighted by Crippen LogP contribution is 2.40. The fraction of sp³-hybridized carbons (Fsp3) is 1.00. The topological polar surface area (TPSA) is 15.3 Å². The van der Waals surface area contributed by atoms with Crippen LogP contribution in [0.4, 0.5) is 13.2 Å². The summed E-state index contributed by atoms with van der Waals surface area (Å²) in [6.45, 7) is 5.38. The van der Waals surface area contributed by atoms with Crippen molar-refractivity contribution in [2.45, 2.75) is 30.8 Å². The maximum atomic E-state index is 12.0. The highest BCUT2D eigenvalue weighted by Gasteiger charge is 2.43. The molecule has 0 radical (unpaired) electrons. The van der Waals surface area contributed by atoms with Gasteiger partial charge in [-0.3, -0.25) is 4.90 Å². The minimum absolute atomic E-state index is 0.0893. The molecule has 2 fully saturated rings. The Morgan fingerprint density at radius 2 is 2.12 bits per heavy atom. The molecule has 1 heterocycles. The molecule has 1 aliphatic carbocycles. The average Bonchev–Trinajstić information content (AvgIpc) is 2.98. The quantitative estimate of drug-likeness (QED) is 0.842. The molecule has 0 amide bonds. The predicted octanol–water partition coefficient (Wildman–Crippen LogP) is 2.31. The Labute approximate surface area is 104 Å². The fourth-order valence-electron chi connectivity index (χ4n) is 2.57. The molecule has 0 aromatic rings. The van der Waals surface area contributed by atoms with Crippen LogP contribution >= 0.6 is 11.8 Å². The SMILES string of the molecule is CC1(C2CC2)CN(CCSC(F)(F)F)CCN1. The van der Waals surface area contributed by atoms with Crippen molar-refractivity contribution in [1.82, 2.24) is 10.2 Å². The second-order valence-corrected chi connectivity index (χ2v) is 6.35. The van der Waals surface area contributed by atoms with E-state index in [-0.39, 0.29) is 23.1 Å². The molecule has 1 N–H and O–H groups in total. The van der Waals surface area contributed by atoms with E-state index in [9.17, 15) is 13.2 Å². The van der Waals surface area contributed by atoms with Crippen LogP contribution < -0.4 is 5.32 Å². The van der Waals surface area contributed by atoms with E-state index in [0.29, 0.717) is 6.54 Å². The monoisotopic (exact) mass is 268 g/mol. The van der Waals surface area contributed by atoms with E-state index in [1.54, 1.807) is 0 Å². The van der Waals surface area contributed by atoms with Crippen LogP contribution in [0.3, 0.4) is 0 Å². The second-order valence-electron chi connectivity index (χ2n) is 5.19. The lowest BCUT2D eigenvalue weighted by molar-refractivity contribution is -0.0329. The first-order chi connectivity index (χ1) is 7.89. The second kappa shape index (κ2) is 4.97. The van der Waals surface area contributed by atoms with Crippen molar-refractivity contribution in [3.8, 4) is 0 Å². The molecule has 1 saturated carbocycles. The van der Waals surface area contributed by atoms with Gasteiger partial charge in [0.15, 0.2) is 0 Å². The van der Waals surface area contributed by atoms with Crippen LogP contribution in [-0.4, -0.2) is 47.9 Å². The third-order valence-corrected chi connectivity index (χ3v) is 4.37. The summed E-state index contributed by atoms with van der Waals surface area (Å²) in [5, 5.41) is 3.52. The summed E-state index contributed by atoms with van der Waals surface area (Å²) >= 11 is 0.0893. The molecule has 1 unspecified atom stereocenters. The van der Waals surface area contributed by atoms with Gasteiger partial charge in [0, 0.05) is 37.5 Å². The number of nitrogens with zero attached hydrogens (tertiary/aromatic N) is 1. The number of thioether (sulfide) groups is 1. The Morgan fingerprint density at radius 1 is 1.41 bits per heavy atom. The summed E-state index contributed by atoms with van der Waals surface area (Å²) in [4.78, 5) is 2.16. The first-order valence-electron chi connectivity index (χ1n) is 6.07. The van der Waals surface area contributed by atoms with Crippen LogP contribution in [0.15, 0.2) is 0 Å². The van der Waals surface area contributed by atoms with Gasteiger partial charge in [-0.25, -0.2) is 0 Å². The Bertz CT molecular complexity index is 268. The summed E-state index contributed by atoms with van der Waals surface area (Å²) in [5.74, 6) is 0.866. The number of rotatable bonds is 4. The number of hydrogen-bond acceptors (Lipinski definition) is 3. The van der Waals surface area contributed by atoms with E-state index in [1.807, 2.05) is 0 Å². The lowest BCUT2D eigenvalue weighted by Gasteiger charge is -2.42. The first kappa shape index (κ1) is 13.5. The van der Waals surface area contributed by atoms with Crippen molar-refractivity contribution in [2.24, 2.45) is 5.92 Å². The van der Waals surface area contributed by atoms with Crippen molar-refractivity contribution >= 4 is 11.8 Å². The van der Waals surface area contributed by atoms with Crippen LogP contribution in [0.5, 0.6) is 0 Å². The van der Waals surface area contributed by atoms with Crippen LogP contribution in [0.25, 0.3) is 0 Å². The molecule has 17 heavy (non-hydrogen) atoms. The number of hydrogen-bond donors (Lipinski definition) is 1. The van der Waals surface area contributed by atoms with Crippen LogP contribution in [0.2, 0.25) is 0 Å². The normalized spacial score (nSPS) is 31.8. The molecule has 2 nitrogen and oxygen atoms in total. The summed E-state index contributed by atoms with van der Waals surface area (Å²) in [5.41, 5.74) is -3.96. The Kier molecular flexibility index (Phi) is 3.95. The van der Waals surface area contributed by atoms with Crippen molar-refractivity contribution in [1.29, 1.82) is 0 Å². The van der Waals surface area contributed by atoms with Gasteiger partial charge in [0.1, 0.15) is 0 Å². The molecule has 1 aliphatic heterocycles. The number of piperazine rings is 1. The molecule has 2 rings (SSSR count). The lowest BCUT2D eigenvalue weighted by atomic mass is 9.93. The van der Waals surface area contributed by atoms with Crippen LogP contribution in [0, 0.1) is 5.92 Å². The van der Waals surface area contributed by atoms with E-state index >= 15 is 0 Å².